The molecular formula is C21H26FN5O. The first-order valence-electron chi connectivity index (χ1n) is 9.86. The van der Waals surface area contributed by atoms with Gasteiger partial charge in [0.05, 0.1) is 12.6 Å². The number of rotatable bonds is 5. The molecule has 0 bridgehead atoms. The lowest BCUT2D eigenvalue weighted by Gasteiger charge is -2.36. The zero-order valence-corrected chi connectivity index (χ0v) is 15.8. The summed E-state index contributed by atoms with van der Waals surface area (Å²) in [5, 5.41) is 3.12. The number of likely N-dealkylation sites (tertiary alicyclic amines) is 1. The molecule has 0 spiro atoms. The molecule has 1 aromatic heterocycles. The third-order valence-electron chi connectivity index (χ3n) is 5.50. The number of carbonyl (C=O) groups excluding carboxylic acids is 1. The highest BCUT2D eigenvalue weighted by Gasteiger charge is 2.32. The van der Waals surface area contributed by atoms with E-state index in [0.29, 0.717) is 5.56 Å². The predicted octanol–water partition coefficient (Wildman–Crippen LogP) is 1.91. The number of carbonyl (C=O) groups is 1. The maximum absolute atomic E-state index is 13.3. The van der Waals surface area contributed by atoms with E-state index in [1.54, 1.807) is 12.1 Å². The van der Waals surface area contributed by atoms with Gasteiger partial charge in [-0.3, -0.25) is 14.7 Å². The first-order chi connectivity index (χ1) is 13.7. The van der Waals surface area contributed by atoms with Crippen molar-refractivity contribution in [2.24, 2.45) is 0 Å². The minimum Gasteiger partial charge on any atom is -0.352 e. The Morgan fingerprint density at radius 1 is 1.25 bits per heavy atom. The summed E-state index contributed by atoms with van der Waals surface area (Å²) in [7, 11) is 0. The molecule has 148 valence electrons. The van der Waals surface area contributed by atoms with E-state index < -0.39 is 0 Å². The maximum Gasteiger partial charge on any atom is 0.224 e. The van der Waals surface area contributed by atoms with Gasteiger partial charge in [-0.2, -0.15) is 0 Å². The summed E-state index contributed by atoms with van der Waals surface area (Å²) < 4.78 is 13.3. The summed E-state index contributed by atoms with van der Waals surface area (Å²) in [5.74, 6) is -0.359. The monoisotopic (exact) mass is 383 g/mol. The van der Waals surface area contributed by atoms with Crippen molar-refractivity contribution < 1.29 is 9.18 Å². The van der Waals surface area contributed by atoms with Crippen molar-refractivity contribution in [2.75, 3.05) is 13.1 Å². The Kier molecular flexibility index (Phi) is 5.95. The molecule has 0 saturated carbocycles. The van der Waals surface area contributed by atoms with Crippen LogP contribution in [0.25, 0.3) is 0 Å². The molecule has 2 aliphatic rings. The van der Waals surface area contributed by atoms with Crippen molar-refractivity contribution in [3.8, 4) is 0 Å². The highest BCUT2D eigenvalue weighted by Crippen LogP contribution is 2.25. The standard InChI is InChI=1S/C21H26FN5O/c22-17-4-1-3-15(11-17)12-21(28)24-18-5-2-10-27(14-18)20-13-19(25-26-20)16-6-8-23-9-7-16/h1,3-4,6-9,11,18-20,25-26H,2,5,10,12-14H2,(H,24,28). The first-order valence-corrected chi connectivity index (χ1v) is 9.86. The molecule has 1 aromatic carbocycles. The molecule has 3 atom stereocenters. The van der Waals surface area contributed by atoms with Gasteiger partial charge in [-0.25, -0.2) is 15.2 Å². The van der Waals surface area contributed by atoms with Crippen LogP contribution in [-0.4, -0.2) is 41.1 Å². The summed E-state index contributed by atoms with van der Waals surface area (Å²) in [5.41, 5.74) is 8.69. The van der Waals surface area contributed by atoms with Crippen LogP contribution in [0.5, 0.6) is 0 Å². The Labute approximate surface area is 164 Å². The number of nitrogens with zero attached hydrogens (tertiary/aromatic N) is 2. The Morgan fingerprint density at radius 3 is 2.93 bits per heavy atom. The Bertz CT molecular complexity index is 802. The lowest BCUT2D eigenvalue weighted by Crippen LogP contribution is -2.54. The number of hydrogen-bond acceptors (Lipinski definition) is 5. The highest BCUT2D eigenvalue weighted by molar-refractivity contribution is 5.78. The van der Waals surface area contributed by atoms with Gasteiger partial charge in [-0.1, -0.05) is 12.1 Å². The second-order valence-corrected chi connectivity index (χ2v) is 7.58. The van der Waals surface area contributed by atoms with E-state index in [9.17, 15) is 9.18 Å². The van der Waals surface area contributed by atoms with Crippen molar-refractivity contribution >= 4 is 5.91 Å². The van der Waals surface area contributed by atoms with E-state index in [0.717, 1.165) is 32.4 Å². The fourth-order valence-electron chi connectivity index (χ4n) is 4.11. The zero-order chi connectivity index (χ0) is 19.3. The van der Waals surface area contributed by atoms with Crippen LogP contribution in [0, 0.1) is 5.82 Å². The number of hydrogen-bond donors (Lipinski definition) is 3. The van der Waals surface area contributed by atoms with E-state index in [-0.39, 0.29) is 36.4 Å². The second kappa shape index (κ2) is 8.77. The smallest absolute Gasteiger partial charge is 0.224 e. The van der Waals surface area contributed by atoms with Crippen LogP contribution < -0.4 is 16.2 Å². The number of hydrazine groups is 1. The SMILES string of the molecule is O=C(Cc1cccc(F)c1)NC1CCCN(C2CC(c3ccncc3)NN2)C1. The van der Waals surface area contributed by atoms with Crippen molar-refractivity contribution in [3.05, 3.63) is 65.7 Å². The summed E-state index contributed by atoms with van der Waals surface area (Å²) >= 11 is 0. The normalized spacial score (nSPS) is 25.5. The number of pyridine rings is 1. The molecule has 2 saturated heterocycles. The maximum atomic E-state index is 13.3. The topological polar surface area (TPSA) is 69.3 Å². The fourth-order valence-corrected chi connectivity index (χ4v) is 4.11. The minimum atomic E-state index is -0.308. The van der Waals surface area contributed by atoms with Crippen molar-refractivity contribution in [3.63, 3.8) is 0 Å². The van der Waals surface area contributed by atoms with Crippen LogP contribution in [0.1, 0.15) is 36.4 Å². The molecule has 3 unspecified atom stereocenters. The average Bonchev–Trinajstić information content (AvgIpc) is 3.19. The highest BCUT2D eigenvalue weighted by atomic mass is 19.1. The third kappa shape index (κ3) is 4.73. The molecule has 6 nitrogen and oxygen atoms in total. The van der Waals surface area contributed by atoms with Crippen molar-refractivity contribution in [1.82, 2.24) is 26.1 Å². The number of halogens is 1. The summed E-state index contributed by atoms with van der Waals surface area (Å²) in [6.45, 7) is 1.83. The van der Waals surface area contributed by atoms with Gasteiger partial charge >= 0.3 is 0 Å². The average molecular weight is 383 g/mol. The Morgan fingerprint density at radius 2 is 2.11 bits per heavy atom. The molecule has 0 radical (unpaired) electrons. The molecular weight excluding hydrogens is 357 g/mol. The van der Waals surface area contributed by atoms with Crippen LogP contribution in [0.15, 0.2) is 48.8 Å². The molecule has 1 amide bonds. The lowest BCUT2D eigenvalue weighted by molar-refractivity contribution is -0.121. The van der Waals surface area contributed by atoms with Gasteiger partial charge in [0.2, 0.25) is 5.91 Å². The summed E-state index contributed by atoms with van der Waals surface area (Å²) in [4.78, 5) is 18.8. The Hall–Kier alpha value is -2.35. The van der Waals surface area contributed by atoms with Gasteiger partial charge in [0.1, 0.15) is 5.82 Å². The molecule has 4 rings (SSSR count). The first kappa shape index (κ1) is 19.0. The van der Waals surface area contributed by atoms with E-state index in [2.05, 4.69) is 26.1 Å². The zero-order valence-electron chi connectivity index (χ0n) is 15.8. The lowest BCUT2D eigenvalue weighted by atomic mass is 10.0. The van der Waals surface area contributed by atoms with E-state index >= 15 is 0 Å². The van der Waals surface area contributed by atoms with Gasteiger partial charge < -0.3 is 5.32 Å². The number of aromatic nitrogens is 1. The van der Waals surface area contributed by atoms with Crippen LogP contribution >= 0.6 is 0 Å². The molecule has 2 aromatic rings. The third-order valence-corrected chi connectivity index (χ3v) is 5.50. The fraction of sp³-hybridized carbons (Fsp3) is 0.429. The van der Waals surface area contributed by atoms with Crippen LogP contribution in [-0.2, 0) is 11.2 Å². The molecule has 0 aliphatic carbocycles. The quantitative estimate of drug-likeness (QED) is 0.736. The molecule has 3 N–H and O–H groups in total. The minimum absolute atomic E-state index is 0.0513. The summed E-state index contributed by atoms with van der Waals surface area (Å²) in [6.07, 6.45) is 7.06. The molecule has 2 aliphatic heterocycles. The van der Waals surface area contributed by atoms with Crippen LogP contribution in [0.3, 0.4) is 0 Å². The predicted molar refractivity (Wildman–Crippen MR) is 104 cm³/mol. The Balaban J connectivity index is 1.29. The van der Waals surface area contributed by atoms with E-state index in [1.807, 2.05) is 24.5 Å². The van der Waals surface area contributed by atoms with E-state index in [4.69, 9.17) is 0 Å². The number of amides is 1. The van der Waals surface area contributed by atoms with Crippen molar-refractivity contribution in [1.29, 1.82) is 0 Å². The van der Waals surface area contributed by atoms with Crippen LogP contribution in [0.4, 0.5) is 4.39 Å². The molecule has 28 heavy (non-hydrogen) atoms. The van der Waals surface area contributed by atoms with Gasteiger partial charge in [-0.05, 0) is 61.2 Å². The van der Waals surface area contributed by atoms with Gasteiger partial charge in [0, 0.05) is 31.0 Å². The number of piperidine rings is 1. The van der Waals surface area contributed by atoms with Gasteiger partial charge in [0.15, 0.2) is 0 Å². The largest absolute Gasteiger partial charge is 0.352 e. The molecule has 2 fully saturated rings. The van der Waals surface area contributed by atoms with Crippen molar-refractivity contribution in [2.45, 2.75) is 43.9 Å². The van der Waals surface area contributed by atoms with E-state index in [1.165, 1.54) is 17.7 Å². The van der Waals surface area contributed by atoms with Gasteiger partial charge in [-0.15, -0.1) is 0 Å². The summed E-state index contributed by atoms with van der Waals surface area (Å²) in [6, 6.07) is 10.7. The van der Waals surface area contributed by atoms with Crippen LogP contribution in [0.2, 0.25) is 0 Å². The molecule has 3 heterocycles. The second-order valence-electron chi connectivity index (χ2n) is 7.58. The van der Waals surface area contributed by atoms with Gasteiger partial charge in [0.25, 0.3) is 0 Å². The number of nitrogens with one attached hydrogen (secondary N) is 3. The number of benzene rings is 1. The molecule has 7 heteroatoms.